The van der Waals surface area contributed by atoms with Crippen LogP contribution in [0.1, 0.15) is 24.6 Å². The molecule has 1 fully saturated rings. The Labute approximate surface area is 93.6 Å². The van der Waals surface area contributed by atoms with Crippen LogP contribution in [0.4, 0.5) is 0 Å². The summed E-state index contributed by atoms with van der Waals surface area (Å²) < 4.78 is 6.89. The van der Waals surface area contributed by atoms with Crippen molar-refractivity contribution in [3.8, 4) is 5.75 Å². The van der Waals surface area contributed by atoms with Gasteiger partial charge in [0.15, 0.2) is 5.75 Å². The molecule has 84 valence electrons. The number of aromatic nitrogens is 2. The van der Waals surface area contributed by atoms with Crippen molar-refractivity contribution in [2.45, 2.75) is 24.2 Å². The summed E-state index contributed by atoms with van der Waals surface area (Å²) in [5, 5.41) is 14.6. The van der Waals surface area contributed by atoms with Gasteiger partial charge in [-0.25, -0.2) is 0 Å². The number of nitrogens with zero attached hydrogens (tertiary/aromatic N) is 2. The van der Waals surface area contributed by atoms with Gasteiger partial charge in [0.1, 0.15) is 11.8 Å². The van der Waals surface area contributed by atoms with Crippen molar-refractivity contribution in [3.05, 3.63) is 11.9 Å². The van der Waals surface area contributed by atoms with Gasteiger partial charge < -0.3 is 9.84 Å². The predicted octanol–water partition coefficient (Wildman–Crippen LogP) is 1.36. The molecule has 5 heteroatoms. The van der Waals surface area contributed by atoms with Gasteiger partial charge in [0.05, 0.1) is 13.3 Å². The number of hydrogen-bond acceptors (Lipinski definition) is 4. The van der Waals surface area contributed by atoms with E-state index >= 15 is 0 Å². The standard InChI is InChI=1S/C10H16N2O2S/c1-12-9(7(14-2)6-11-12)10(13)8-4-3-5-15-8/h6,8,10,13H,3-5H2,1-2H3. The van der Waals surface area contributed by atoms with Gasteiger partial charge in [-0.3, -0.25) is 4.68 Å². The first kappa shape index (κ1) is 10.8. The van der Waals surface area contributed by atoms with Gasteiger partial charge in [0.25, 0.3) is 0 Å². The molecule has 1 aromatic heterocycles. The molecule has 2 atom stereocenters. The van der Waals surface area contributed by atoms with E-state index in [4.69, 9.17) is 4.74 Å². The van der Waals surface area contributed by atoms with E-state index in [9.17, 15) is 5.11 Å². The molecule has 1 aliphatic rings. The maximum absolute atomic E-state index is 10.2. The summed E-state index contributed by atoms with van der Waals surface area (Å²) in [4.78, 5) is 0. The average molecular weight is 228 g/mol. The fourth-order valence-corrected chi connectivity index (χ4v) is 3.23. The minimum absolute atomic E-state index is 0.286. The Kier molecular flexibility index (Phi) is 3.21. The monoisotopic (exact) mass is 228 g/mol. The number of rotatable bonds is 3. The van der Waals surface area contributed by atoms with Crippen LogP contribution in [0, 0.1) is 0 Å². The predicted molar refractivity (Wildman–Crippen MR) is 60.2 cm³/mol. The Bertz CT molecular complexity index is 334. The Morgan fingerprint density at radius 1 is 1.73 bits per heavy atom. The Balaban J connectivity index is 2.22. The van der Waals surface area contributed by atoms with Crippen molar-refractivity contribution in [1.82, 2.24) is 9.78 Å². The zero-order chi connectivity index (χ0) is 10.8. The van der Waals surface area contributed by atoms with Gasteiger partial charge in [-0.1, -0.05) is 0 Å². The largest absolute Gasteiger partial charge is 0.493 e. The minimum Gasteiger partial charge on any atom is -0.493 e. The number of hydrogen-bond donors (Lipinski definition) is 1. The normalized spacial score (nSPS) is 23.0. The first-order valence-corrected chi connectivity index (χ1v) is 6.14. The lowest BCUT2D eigenvalue weighted by molar-refractivity contribution is 0.159. The second kappa shape index (κ2) is 4.45. The third kappa shape index (κ3) is 1.99. The molecule has 0 aromatic carbocycles. The zero-order valence-corrected chi connectivity index (χ0v) is 9.83. The Hall–Kier alpha value is -0.680. The highest BCUT2D eigenvalue weighted by molar-refractivity contribution is 8.00. The van der Waals surface area contributed by atoms with Crippen molar-refractivity contribution in [2.24, 2.45) is 7.05 Å². The molecule has 0 saturated carbocycles. The van der Waals surface area contributed by atoms with E-state index in [1.807, 2.05) is 18.8 Å². The van der Waals surface area contributed by atoms with Crippen LogP contribution in [0.3, 0.4) is 0 Å². The molecule has 0 amide bonds. The molecule has 0 aliphatic carbocycles. The van der Waals surface area contributed by atoms with E-state index in [2.05, 4.69) is 5.10 Å². The summed E-state index contributed by atoms with van der Waals surface area (Å²) >= 11 is 1.83. The summed E-state index contributed by atoms with van der Waals surface area (Å²) in [6, 6.07) is 0. The Morgan fingerprint density at radius 2 is 2.53 bits per heavy atom. The van der Waals surface area contributed by atoms with Gasteiger partial charge in [0, 0.05) is 12.3 Å². The Morgan fingerprint density at radius 3 is 3.13 bits per heavy atom. The van der Waals surface area contributed by atoms with Gasteiger partial charge in [0.2, 0.25) is 0 Å². The minimum atomic E-state index is -0.472. The maximum atomic E-state index is 10.2. The third-order valence-electron chi connectivity index (χ3n) is 2.77. The van der Waals surface area contributed by atoms with Crippen LogP contribution >= 0.6 is 11.8 Å². The van der Waals surface area contributed by atoms with Crippen LogP contribution in [0.2, 0.25) is 0 Å². The molecular formula is C10H16N2O2S. The molecule has 2 heterocycles. The van der Waals surface area contributed by atoms with Crippen molar-refractivity contribution in [3.63, 3.8) is 0 Å². The van der Waals surface area contributed by atoms with Crippen molar-refractivity contribution >= 4 is 11.8 Å². The fourth-order valence-electron chi connectivity index (χ4n) is 1.95. The quantitative estimate of drug-likeness (QED) is 0.848. The van der Waals surface area contributed by atoms with Crippen molar-refractivity contribution in [1.29, 1.82) is 0 Å². The number of aryl methyl sites for hydroxylation is 1. The molecule has 15 heavy (non-hydrogen) atoms. The van der Waals surface area contributed by atoms with Crippen LogP contribution in [0.5, 0.6) is 5.75 Å². The van der Waals surface area contributed by atoms with Gasteiger partial charge in [-0.2, -0.15) is 16.9 Å². The third-order valence-corrected chi connectivity index (χ3v) is 4.21. The van der Waals surface area contributed by atoms with E-state index in [0.717, 1.165) is 17.9 Å². The molecule has 0 radical (unpaired) electrons. The van der Waals surface area contributed by atoms with E-state index in [0.29, 0.717) is 5.75 Å². The lowest BCUT2D eigenvalue weighted by Gasteiger charge is -2.18. The first-order valence-electron chi connectivity index (χ1n) is 5.09. The van der Waals surface area contributed by atoms with E-state index < -0.39 is 6.10 Å². The zero-order valence-electron chi connectivity index (χ0n) is 9.01. The van der Waals surface area contributed by atoms with Crippen LogP contribution in [-0.4, -0.2) is 33.0 Å². The summed E-state index contributed by atoms with van der Waals surface area (Å²) in [6.07, 6.45) is 3.44. The second-order valence-electron chi connectivity index (χ2n) is 3.72. The number of methoxy groups -OCH3 is 1. The molecule has 2 rings (SSSR count). The number of aliphatic hydroxyl groups is 1. The van der Waals surface area contributed by atoms with Crippen LogP contribution < -0.4 is 4.74 Å². The number of ether oxygens (including phenoxy) is 1. The summed E-state index contributed by atoms with van der Waals surface area (Å²) in [5.74, 6) is 1.82. The topological polar surface area (TPSA) is 47.3 Å². The highest BCUT2D eigenvalue weighted by Crippen LogP contribution is 2.38. The van der Waals surface area contributed by atoms with Crippen molar-refractivity contribution in [2.75, 3.05) is 12.9 Å². The van der Waals surface area contributed by atoms with E-state index in [-0.39, 0.29) is 5.25 Å². The molecular weight excluding hydrogens is 212 g/mol. The van der Waals surface area contributed by atoms with Crippen molar-refractivity contribution < 1.29 is 9.84 Å². The molecule has 4 nitrogen and oxygen atoms in total. The highest BCUT2D eigenvalue weighted by atomic mass is 32.2. The molecule has 1 aliphatic heterocycles. The van der Waals surface area contributed by atoms with Gasteiger partial charge in [-0.15, -0.1) is 0 Å². The number of aliphatic hydroxyl groups excluding tert-OH is 1. The van der Waals surface area contributed by atoms with Gasteiger partial charge in [-0.05, 0) is 18.6 Å². The summed E-state index contributed by atoms with van der Waals surface area (Å²) in [5.41, 5.74) is 0.789. The fraction of sp³-hybridized carbons (Fsp3) is 0.700. The van der Waals surface area contributed by atoms with E-state index in [1.54, 1.807) is 18.0 Å². The smallest absolute Gasteiger partial charge is 0.162 e. The van der Waals surface area contributed by atoms with E-state index in [1.165, 1.54) is 6.42 Å². The lowest BCUT2D eigenvalue weighted by Crippen LogP contribution is -2.16. The number of thioether (sulfide) groups is 1. The molecule has 1 N–H and O–H groups in total. The summed E-state index contributed by atoms with van der Waals surface area (Å²) in [7, 11) is 3.44. The van der Waals surface area contributed by atoms with Gasteiger partial charge >= 0.3 is 0 Å². The molecule has 1 aromatic rings. The van der Waals surface area contributed by atoms with Crippen LogP contribution in [-0.2, 0) is 7.05 Å². The SMILES string of the molecule is COc1cnn(C)c1C(O)C1CCCS1. The maximum Gasteiger partial charge on any atom is 0.162 e. The summed E-state index contributed by atoms with van der Waals surface area (Å²) in [6.45, 7) is 0. The molecule has 0 bridgehead atoms. The average Bonchev–Trinajstić information content (AvgIpc) is 2.85. The molecule has 1 saturated heterocycles. The highest BCUT2D eigenvalue weighted by Gasteiger charge is 2.29. The molecule has 2 unspecified atom stereocenters. The van der Waals surface area contributed by atoms with Crippen LogP contribution in [0.25, 0.3) is 0 Å². The lowest BCUT2D eigenvalue weighted by atomic mass is 10.1. The van der Waals surface area contributed by atoms with Crippen LogP contribution in [0.15, 0.2) is 6.20 Å². The molecule has 0 spiro atoms. The second-order valence-corrected chi connectivity index (χ2v) is 5.07. The first-order chi connectivity index (χ1) is 7.24.